The van der Waals surface area contributed by atoms with Crippen LogP contribution in [0.15, 0.2) is 48.6 Å². The fraction of sp³-hybridized carbons (Fsp3) is 0.222. The molecule has 2 aliphatic rings. The van der Waals surface area contributed by atoms with Crippen LogP contribution in [0.25, 0.3) is 0 Å². The topological polar surface area (TPSA) is 55.2 Å². The molecule has 1 aliphatic carbocycles. The smallest absolute Gasteiger partial charge is 0.269 e. The number of hydrogen-bond donors (Lipinski definition) is 1. The van der Waals surface area contributed by atoms with Gasteiger partial charge in [-0.05, 0) is 30.0 Å². The Hall–Kier alpha value is -2.04. The number of anilines is 1. The number of fused-ring (bicyclic) bond motifs is 3. The van der Waals surface area contributed by atoms with Crippen molar-refractivity contribution in [2.75, 3.05) is 5.32 Å². The zero-order chi connectivity index (χ0) is 16.8. The van der Waals surface area contributed by atoms with Gasteiger partial charge in [-0.15, -0.1) is 0 Å². The fourth-order valence-electron chi connectivity index (χ4n) is 3.81. The summed E-state index contributed by atoms with van der Waals surface area (Å²) < 4.78 is 0. The second-order valence-corrected chi connectivity index (χ2v) is 7.02. The molecule has 1 aliphatic heterocycles. The van der Waals surface area contributed by atoms with E-state index in [0.29, 0.717) is 10.0 Å². The van der Waals surface area contributed by atoms with Crippen LogP contribution in [0.5, 0.6) is 0 Å². The average molecular weight is 361 g/mol. The molecule has 0 saturated heterocycles. The van der Waals surface area contributed by atoms with Gasteiger partial charge in [-0.25, -0.2) is 0 Å². The maximum Gasteiger partial charge on any atom is 0.269 e. The quantitative estimate of drug-likeness (QED) is 0.422. The SMILES string of the molecule is O=[N+]([O-])c1cccc([C@@H]2Nc3cc(Cl)cc(Cl)c3[C@@H]3C=CC[C@H]32)c1. The summed E-state index contributed by atoms with van der Waals surface area (Å²) in [6.07, 6.45) is 5.24. The van der Waals surface area contributed by atoms with Crippen molar-refractivity contribution in [1.82, 2.24) is 0 Å². The third-order valence-electron chi connectivity index (χ3n) is 4.82. The first-order chi connectivity index (χ1) is 11.5. The fourth-order valence-corrected chi connectivity index (χ4v) is 4.42. The summed E-state index contributed by atoms with van der Waals surface area (Å²) in [5, 5.41) is 15.8. The number of nitrogens with zero attached hydrogens (tertiary/aromatic N) is 1. The lowest BCUT2D eigenvalue weighted by molar-refractivity contribution is -0.384. The zero-order valence-electron chi connectivity index (χ0n) is 12.6. The van der Waals surface area contributed by atoms with E-state index in [9.17, 15) is 10.1 Å². The number of nitro benzene ring substituents is 1. The molecule has 1 heterocycles. The van der Waals surface area contributed by atoms with Gasteiger partial charge in [0.1, 0.15) is 0 Å². The third kappa shape index (κ3) is 2.46. The third-order valence-corrected chi connectivity index (χ3v) is 5.35. The lowest BCUT2D eigenvalue weighted by Crippen LogP contribution is -2.29. The van der Waals surface area contributed by atoms with E-state index < -0.39 is 0 Å². The lowest BCUT2D eigenvalue weighted by atomic mass is 9.77. The zero-order valence-corrected chi connectivity index (χ0v) is 14.1. The highest BCUT2D eigenvalue weighted by Crippen LogP contribution is 2.52. The Morgan fingerprint density at radius 3 is 2.83 bits per heavy atom. The van der Waals surface area contributed by atoms with Gasteiger partial charge in [0.25, 0.3) is 5.69 Å². The first kappa shape index (κ1) is 15.5. The highest BCUT2D eigenvalue weighted by atomic mass is 35.5. The van der Waals surface area contributed by atoms with Crippen LogP contribution in [-0.2, 0) is 0 Å². The highest BCUT2D eigenvalue weighted by Gasteiger charge is 2.39. The molecule has 24 heavy (non-hydrogen) atoms. The second-order valence-electron chi connectivity index (χ2n) is 6.18. The maximum absolute atomic E-state index is 11.1. The van der Waals surface area contributed by atoms with Gasteiger partial charge in [0.2, 0.25) is 0 Å². The number of benzene rings is 2. The van der Waals surface area contributed by atoms with E-state index in [-0.39, 0.29) is 28.5 Å². The van der Waals surface area contributed by atoms with E-state index in [1.807, 2.05) is 12.1 Å². The number of rotatable bonds is 2. The maximum atomic E-state index is 11.1. The minimum atomic E-state index is -0.363. The molecule has 0 bridgehead atoms. The normalized spacial score (nSPS) is 24.2. The van der Waals surface area contributed by atoms with E-state index in [0.717, 1.165) is 23.2 Å². The molecule has 2 aromatic rings. The summed E-state index contributed by atoms with van der Waals surface area (Å²) in [6.45, 7) is 0. The van der Waals surface area contributed by atoms with Gasteiger partial charge in [0, 0.05) is 39.3 Å². The van der Waals surface area contributed by atoms with Gasteiger partial charge in [-0.3, -0.25) is 10.1 Å². The molecular formula is C18H14Cl2N2O2. The van der Waals surface area contributed by atoms with Gasteiger partial charge in [0.15, 0.2) is 0 Å². The molecule has 0 spiro atoms. The summed E-state index contributed by atoms with van der Waals surface area (Å²) in [6, 6.07) is 10.4. The summed E-state index contributed by atoms with van der Waals surface area (Å²) in [5.41, 5.74) is 2.97. The summed E-state index contributed by atoms with van der Waals surface area (Å²) >= 11 is 12.6. The Balaban J connectivity index is 1.81. The molecule has 0 amide bonds. The molecule has 0 saturated carbocycles. The van der Waals surface area contributed by atoms with Crippen molar-refractivity contribution in [2.45, 2.75) is 18.4 Å². The summed E-state index contributed by atoms with van der Waals surface area (Å²) in [7, 11) is 0. The Labute approximate surface area is 149 Å². The Bertz CT molecular complexity index is 866. The van der Waals surface area contributed by atoms with E-state index in [2.05, 4.69) is 17.5 Å². The molecule has 3 atom stereocenters. The van der Waals surface area contributed by atoms with E-state index in [1.54, 1.807) is 18.2 Å². The standard InChI is InChI=1S/C18H14Cl2N2O2/c19-11-8-15(20)17-13-5-2-6-14(13)18(21-16(17)9-11)10-3-1-4-12(7-10)22(23)24/h1-5,7-9,13-14,18,21H,6H2/t13-,14-,18+/m1/s1. The van der Waals surface area contributed by atoms with Gasteiger partial charge in [-0.1, -0.05) is 47.5 Å². The Morgan fingerprint density at radius 1 is 1.21 bits per heavy atom. The molecule has 0 unspecified atom stereocenters. The van der Waals surface area contributed by atoms with Crippen molar-refractivity contribution in [3.05, 3.63) is 79.8 Å². The molecule has 4 rings (SSSR count). The second kappa shape index (κ2) is 5.80. The molecule has 2 aromatic carbocycles. The van der Waals surface area contributed by atoms with Crippen LogP contribution >= 0.6 is 23.2 Å². The average Bonchev–Trinajstić information content (AvgIpc) is 3.02. The van der Waals surface area contributed by atoms with Crippen LogP contribution in [0.1, 0.15) is 29.5 Å². The number of hydrogen-bond acceptors (Lipinski definition) is 3. The number of nitro groups is 1. The van der Waals surface area contributed by atoms with Gasteiger partial charge >= 0.3 is 0 Å². The molecule has 122 valence electrons. The Morgan fingerprint density at radius 2 is 2.04 bits per heavy atom. The van der Waals surface area contributed by atoms with Crippen LogP contribution in [0.4, 0.5) is 11.4 Å². The molecular weight excluding hydrogens is 347 g/mol. The molecule has 0 radical (unpaired) electrons. The van der Waals surface area contributed by atoms with Crippen LogP contribution in [0.2, 0.25) is 10.0 Å². The molecule has 6 heteroatoms. The predicted octanol–water partition coefficient (Wildman–Crippen LogP) is 5.73. The number of allylic oxidation sites excluding steroid dienone is 2. The van der Waals surface area contributed by atoms with E-state index in [4.69, 9.17) is 23.2 Å². The summed E-state index contributed by atoms with van der Waals surface area (Å²) in [5.74, 6) is 0.466. The monoisotopic (exact) mass is 360 g/mol. The predicted molar refractivity (Wildman–Crippen MR) is 95.9 cm³/mol. The van der Waals surface area contributed by atoms with E-state index in [1.165, 1.54) is 6.07 Å². The van der Waals surface area contributed by atoms with Crippen molar-refractivity contribution >= 4 is 34.6 Å². The largest absolute Gasteiger partial charge is 0.378 e. The van der Waals surface area contributed by atoms with E-state index >= 15 is 0 Å². The van der Waals surface area contributed by atoms with Crippen molar-refractivity contribution in [3.63, 3.8) is 0 Å². The first-order valence-corrected chi connectivity index (χ1v) is 8.46. The highest BCUT2D eigenvalue weighted by molar-refractivity contribution is 6.35. The van der Waals surface area contributed by atoms with Crippen molar-refractivity contribution < 1.29 is 4.92 Å². The summed E-state index contributed by atoms with van der Waals surface area (Å²) in [4.78, 5) is 10.7. The van der Waals surface area contributed by atoms with Crippen LogP contribution in [-0.4, -0.2) is 4.92 Å². The van der Waals surface area contributed by atoms with Gasteiger partial charge in [0.05, 0.1) is 11.0 Å². The molecule has 4 nitrogen and oxygen atoms in total. The Kier molecular flexibility index (Phi) is 3.74. The van der Waals surface area contributed by atoms with Crippen molar-refractivity contribution in [3.8, 4) is 0 Å². The molecule has 0 aromatic heterocycles. The first-order valence-electron chi connectivity index (χ1n) is 7.71. The van der Waals surface area contributed by atoms with Crippen LogP contribution in [0.3, 0.4) is 0 Å². The lowest BCUT2D eigenvalue weighted by Gasteiger charge is -2.38. The number of nitrogens with one attached hydrogen (secondary N) is 1. The van der Waals surface area contributed by atoms with Crippen molar-refractivity contribution in [1.29, 1.82) is 0 Å². The van der Waals surface area contributed by atoms with Gasteiger partial charge < -0.3 is 5.32 Å². The molecule has 1 N–H and O–H groups in total. The van der Waals surface area contributed by atoms with Gasteiger partial charge in [-0.2, -0.15) is 0 Å². The number of non-ortho nitro benzene ring substituents is 1. The minimum absolute atomic E-state index is 0.0214. The van der Waals surface area contributed by atoms with Crippen LogP contribution < -0.4 is 5.32 Å². The number of halogens is 2. The van der Waals surface area contributed by atoms with Crippen LogP contribution in [0, 0.1) is 16.0 Å². The van der Waals surface area contributed by atoms with Crippen molar-refractivity contribution in [2.24, 2.45) is 5.92 Å². The molecule has 0 fully saturated rings. The minimum Gasteiger partial charge on any atom is -0.378 e.